The largest absolute Gasteiger partial charge is 0.357 e. The van der Waals surface area contributed by atoms with E-state index < -0.39 is 0 Å². The Bertz CT molecular complexity index is 584. The maximum Gasteiger partial charge on any atom is 0.223 e. The van der Waals surface area contributed by atoms with E-state index in [2.05, 4.69) is 50.2 Å². The van der Waals surface area contributed by atoms with Crippen LogP contribution < -0.4 is 10.6 Å². The molecule has 0 fully saturated rings. The Morgan fingerprint density at radius 1 is 1.43 bits per heavy atom. The topological polar surface area (TPSA) is 75.3 Å². The fraction of sp³-hybridized carbons (Fsp3) is 0.533. The van der Waals surface area contributed by atoms with Crippen LogP contribution in [0.5, 0.6) is 0 Å². The molecule has 0 amide bonds. The highest BCUT2D eigenvalue weighted by atomic mass is 127. The summed E-state index contributed by atoms with van der Waals surface area (Å²) in [6.07, 6.45) is 1.08. The number of hydrogen-bond donors (Lipinski definition) is 2. The molecule has 0 spiro atoms. The summed E-state index contributed by atoms with van der Waals surface area (Å²) in [6.45, 7) is 8.15. The molecule has 128 valence electrons. The van der Waals surface area contributed by atoms with Gasteiger partial charge in [-0.15, -0.1) is 35.3 Å². The highest BCUT2D eigenvalue weighted by Gasteiger charge is 2.07. The van der Waals surface area contributed by atoms with Gasteiger partial charge in [0.1, 0.15) is 6.54 Å². The SMILES string of the molecule is CCNC(=NCc1noc(C)n1)NCC(C)Cc1cccs1.I. The molecule has 2 rings (SSSR count). The smallest absolute Gasteiger partial charge is 0.223 e. The normalized spacial score (nSPS) is 12.6. The van der Waals surface area contributed by atoms with Crippen LogP contribution in [0.15, 0.2) is 27.0 Å². The van der Waals surface area contributed by atoms with E-state index in [-0.39, 0.29) is 24.0 Å². The second-order valence-electron chi connectivity index (χ2n) is 5.19. The van der Waals surface area contributed by atoms with Gasteiger partial charge in [-0.1, -0.05) is 18.1 Å². The number of guanidine groups is 1. The van der Waals surface area contributed by atoms with Crippen molar-refractivity contribution in [1.29, 1.82) is 0 Å². The van der Waals surface area contributed by atoms with Crippen molar-refractivity contribution >= 4 is 41.3 Å². The van der Waals surface area contributed by atoms with Crippen molar-refractivity contribution in [2.45, 2.75) is 33.7 Å². The lowest BCUT2D eigenvalue weighted by molar-refractivity contribution is 0.387. The number of rotatable bonds is 7. The van der Waals surface area contributed by atoms with Gasteiger partial charge in [-0.3, -0.25) is 0 Å². The molecule has 8 heteroatoms. The van der Waals surface area contributed by atoms with Crippen LogP contribution in [0.25, 0.3) is 0 Å². The third kappa shape index (κ3) is 7.30. The standard InChI is InChI=1S/C15H23N5OS.HI/c1-4-16-15(18-10-14-19-12(3)21-20-14)17-9-11(2)8-13-6-5-7-22-13;/h5-7,11H,4,8-10H2,1-3H3,(H2,16,17,18);1H. The Labute approximate surface area is 158 Å². The Morgan fingerprint density at radius 3 is 2.87 bits per heavy atom. The van der Waals surface area contributed by atoms with Crippen LogP contribution in [0.3, 0.4) is 0 Å². The minimum Gasteiger partial charge on any atom is -0.357 e. The van der Waals surface area contributed by atoms with Gasteiger partial charge in [-0.25, -0.2) is 4.99 Å². The molecule has 0 aromatic carbocycles. The molecule has 2 N–H and O–H groups in total. The van der Waals surface area contributed by atoms with E-state index in [0.717, 1.165) is 25.5 Å². The van der Waals surface area contributed by atoms with Crippen LogP contribution in [0, 0.1) is 12.8 Å². The third-order valence-electron chi connectivity index (χ3n) is 3.04. The number of aryl methyl sites for hydroxylation is 1. The molecular weight excluding hydrogens is 425 g/mol. The fourth-order valence-corrected chi connectivity index (χ4v) is 2.88. The molecular formula is C15H24IN5OS. The third-order valence-corrected chi connectivity index (χ3v) is 3.94. The Balaban J connectivity index is 0.00000264. The summed E-state index contributed by atoms with van der Waals surface area (Å²) in [5, 5.41) is 12.6. The minimum atomic E-state index is 0. The zero-order valence-corrected chi connectivity index (χ0v) is 16.9. The van der Waals surface area contributed by atoms with Crippen LogP contribution in [0.2, 0.25) is 0 Å². The van der Waals surface area contributed by atoms with Gasteiger partial charge < -0.3 is 15.2 Å². The van der Waals surface area contributed by atoms with Gasteiger partial charge in [-0.2, -0.15) is 4.98 Å². The van der Waals surface area contributed by atoms with Crippen LogP contribution >= 0.6 is 35.3 Å². The second kappa shape index (κ2) is 10.6. The van der Waals surface area contributed by atoms with E-state index in [1.807, 2.05) is 6.92 Å². The highest BCUT2D eigenvalue weighted by Crippen LogP contribution is 2.13. The van der Waals surface area contributed by atoms with E-state index in [1.54, 1.807) is 18.3 Å². The van der Waals surface area contributed by atoms with Crippen molar-refractivity contribution in [2.24, 2.45) is 10.9 Å². The van der Waals surface area contributed by atoms with Gasteiger partial charge in [0.25, 0.3) is 0 Å². The first kappa shape index (κ1) is 19.9. The predicted molar refractivity (Wildman–Crippen MR) is 104 cm³/mol. The zero-order valence-electron chi connectivity index (χ0n) is 13.7. The molecule has 0 saturated carbocycles. The summed E-state index contributed by atoms with van der Waals surface area (Å²) < 4.78 is 4.94. The molecule has 0 aliphatic carbocycles. The summed E-state index contributed by atoms with van der Waals surface area (Å²) in [5.74, 6) is 2.48. The van der Waals surface area contributed by atoms with Crippen molar-refractivity contribution in [3.05, 3.63) is 34.1 Å². The molecule has 0 bridgehead atoms. The van der Waals surface area contributed by atoms with Crippen LogP contribution in [-0.4, -0.2) is 29.2 Å². The molecule has 0 radical (unpaired) electrons. The predicted octanol–water partition coefficient (Wildman–Crippen LogP) is 2.99. The van der Waals surface area contributed by atoms with Gasteiger partial charge in [0.05, 0.1) is 0 Å². The minimum absolute atomic E-state index is 0. The van der Waals surface area contributed by atoms with E-state index in [0.29, 0.717) is 24.2 Å². The first-order valence-electron chi connectivity index (χ1n) is 7.51. The number of halogens is 1. The van der Waals surface area contributed by atoms with E-state index in [4.69, 9.17) is 4.52 Å². The van der Waals surface area contributed by atoms with Gasteiger partial charge in [0.2, 0.25) is 5.89 Å². The Hall–Kier alpha value is -1.16. The average Bonchev–Trinajstić information content (AvgIpc) is 3.13. The number of aliphatic imine (C=N–C) groups is 1. The molecule has 2 aromatic heterocycles. The number of nitrogens with zero attached hydrogens (tertiary/aromatic N) is 3. The van der Waals surface area contributed by atoms with Crippen molar-refractivity contribution in [2.75, 3.05) is 13.1 Å². The monoisotopic (exact) mass is 449 g/mol. The molecule has 23 heavy (non-hydrogen) atoms. The molecule has 0 saturated heterocycles. The summed E-state index contributed by atoms with van der Waals surface area (Å²) >= 11 is 1.81. The van der Waals surface area contributed by atoms with Gasteiger partial charge in [0, 0.05) is 24.9 Å². The molecule has 0 aliphatic heterocycles. The summed E-state index contributed by atoms with van der Waals surface area (Å²) in [4.78, 5) is 10.0. The molecule has 1 unspecified atom stereocenters. The van der Waals surface area contributed by atoms with Crippen molar-refractivity contribution < 1.29 is 4.52 Å². The van der Waals surface area contributed by atoms with Crippen LogP contribution in [-0.2, 0) is 13.0 Å². The number of nitrogens with one attached hydrogen (secondary N) is 2. The molecule has 1 atom stereocenters. The summed E-state index contributed by atoms with van der Waals surface area (Å²) in [5.41, 5.74) is 0. The first-order valence-corrected chi connectivity index (χ1v) is 8.39. The molecule has 0 aliphatic rings. The molecule has 2 heterocycles. The summed E-state index contributed by atoms with van der Waals surface area (Å²) in [7, 11) is 0. The second-order valence-corrected chi connectivity index (χ2v) is 6.23. The van der Waals surface area contributed by atoms with Crippen molar-refractivity contribution in [3.8, 4) is 0 Å². The lowest BCUT2D eigenvalue weighted by Crippen LogP contribution is -2.39. The lowest BCUT2D eigenvalue weighted by Gasteiger charge is -2.15. The quantitative estimate of drug-likeness (QED) is 0.386. The first-order chi connectivity index (χ1) is 10.7. The number of hydrogen-bond acceptors (Lipinski definition) is 5. The highest BCUT2D eigenvalue weighted by molar-refractivity contribution is 14.0. The maximum atomic E-state index is 4.94. The van der Waals surface area contributed by atoms with Gasteiger partial charge >= 0.3 is 0 Å². The molecule has 6 nitrogen and oxygen atoms in total. The lowest BCUT2D eigenvalue weighted by atomic mass is 10.1. The van der Waals surface area contributed by atoms with Gasteiger partial charge in [-0.05, 0) is 30.7 Å². The Kier molecular flexibility index (Phi) is 9.15. The number of thiophene rings is 1. The van der Waals surface area contributed by atoms with Crippen LogP contribution in [0.4, 0.5) is 0 Å². The fourth-order valence-electron chi connectivity index (χ4n) is 2.01. The van der Waals surface area contributed by atoms with Gasteiger partial charge in [0.15, 0.2) is 11.8 Å². The van der Waals surface area contributed by atoms with E-state index in [9.17, 15) is 0 Å². The van der Waals surface area contributed by atoms with Crippen LogP contribution in [0.1, 0.15) is 30.4 Å². The average molecular weight is 449 g/mol. The number of aromatic nitrogens is 2. The summed E-state index contributed by atoms with van der Waals surface area (Å²) in [6, 6.07) is 4.28. The van der Waals surface area contributed by atoms with Crippen molar-refractivity contribution in [1.82, 2.24) is 20.8 Å². The Morgan fingerprint density at radius 2 is 2.26 bits per heavy atom. The molecule has 2 aromatic rings. The van der Waals surface area contributed by atoms with E-state index >= 15 is 0 Å². The zero-order chi connectivity index (χ0) is 15.8. The van der Waals surface area contributed by atoms with Crippen molar-refractivity contribution in [3.63, 3.8) is 0 Å². The maximum absolute atomic E-state index is 4.94. The van der Waals surface area contributed by atoms with E-state index in [1.165, 1.54) is 4.88 Å².